The van der Waals surface area contributed by atoms with Crippen molar-refractivity contribution < 1.29 is 9.53 Å². The zero-order valence-electron chi connectivity index (χ0n) is 11.0. The molecule has 0 aromatic carbocycles. The number of methoxy groups -OCH3 is 1. The van der Waals surface area contributed by atoms with Gasteiger partial charge in [-0.1, -0.05) is 6.92 Å². The summed E-state index contributed by atoms with van der Waals surface area (Å²) in [6.07, 6.45) is 1.42. The summed E-state index contributed by atoms with van der Waals surface area (Å²) in [5.41, 5.74) is 0.921. The van der Waals surface area contributed by atoms with E-state index >= 15 is 0 Å². The number of aromatic nitrogens is 2. The summed E-state index contributed by atoms with van der Waals surface area (Å²) in [6.45, 7) is 4.88. The van der Waals surface area contributed by atoms with Crippen molar-refractivity contribution in [3.05, 3.63) is 11.8 Å². The number of anilines is 1. The predicted octanol–water partition coefficient (Wildman–Crippen LogP) is 2.26. The quantitative estimate of drug-likeness (QED) is 0.465. The zero-order valence-corrected chi connectivity index (χ0v) is 11.8. The van der Waals surface area contributed by atoms with Crippen LogP contribution in [0.1, 0.15) is 25.5 Å². The Morgan fingerprint density at radius 1 is 1.50 bits per heavy atom. The molecule has 0 saturated heterocycles. The number of thioether (sulfide) groups is 1. The molecule has 5 nitrogen and oxygen atoms in total. The molecular formula is C12H19N3O2S. The second-order valence-electron chi connectivity index (χ2n) is 3.77. The number of nitrogens with one attached hydrogen (secondary N) is 1. The van der Waals surface area contributed by atoms with Gasteiger partial charge < -0.3 is 10.1 Å². The molecule has 0 aliphatic rings. The van der Waals surface area contributed by atoms with E-state index in [1.165, 1.54) is 18.9 Å². The summed E-state index contributed by atoms with van der Waals surface area (Å²) < 4.78 is 4.59. The van der Waals surface area contributed by atoms with Crippen molar-refractivity contribution in [2.24, 2.45) is 0 Å². The highest BCUT2D eigenvalue weighted by Crippen LogP contribution is 2.18. The van der Waals surface area contributed by atoms with Gasteiger partial charge in [0, 0.05) is 18.0 Å². The third-order valence-electron chi connectivity index (χ3n) is 2.15. The Balaban J connectivity index is 2.54. The van der Waals surface area contributed by atoms with E-state index in [0.717, 1.165) is 23.7 Å². The molecule has 18 heavy (non-hydrogen) atoms. The minimum atomic E-state index is -0.197. The number of nitrogens with zero attached hydrogens (tertiary/aromatic N) is 2. The van der Waals surface area contributed by atoms with Crippen LogP contribution < -0.4 is 5.32 Å². The van der Waals surface area contributed by atoms with E-state index in [9.17, 15) is 4.79 Å². The molecule has 0 radical (unpaired) electrons. The lowest BCUT2D eigenvalue weighted by Gasteiger charge is -2.06. The molecule has 0 bridgehead atoms. The van der Waals surface area contributed by atoms with Crippen molar-refractivity contribution in [3.8, 4) is 0 Å². The Hall–Kier alpha value is -1.30. The van der Waals surface area contributed by atoms with E-state index in [2.05, 4.69) is 26.9 Å². The fraction of sp³-hybridized carbons (Fsp3) is 0.583. The molecule has 0 spiro atoms. The summed E-state index contributed by atoms with van der Waals surface area (Å²) in [4.78, 5) is 19.7. The average Bonchev–Trinajstić information content (AvgIpc) is 2.35. The molecule has 0 amide bonds. The lowest BCUT2D eigenvalue weighted by Crippen LogP contribution is -2.06. The van der Waals surface area contributed by atoms with Crippen LogP contribution in [0, 0.1) is 6.92 Å². The number of ether oxygens (including phenoxy) is 1. The molecule has 0 aliphatic heterocycles. The molecule has 6 heteroatoms. The van der Waals surface area contributed by atoms with Crippen LogP contribution in [0.25, 0.3) is 0 Å². The molecule has 1 rings (SSSR count). The molecule has 1 aromatic heterocycles. The van der Waals surface area contributed by atoms with E-state index in [1.807, 2.05) is 13.0 Å². The molecular weight excluding hydrogens is 250 g/mol. The SMILES string of the molecule is CCCNc1nc(C)cc(SCCC(=O)OC)n1. The van der Waals surface area contributed by atoms with Gasteiger partial charge in [0.2, 0.25) is 5.95 Å². The number of hydrogen-bond donors (Lipinski definition) is 1. The number of rotatable bonds is 7. The third kappa shape index (κ3) is 5.35. The number of esters is 1. The van der Waals surface area contributed by atoms with Crippen LogP contribution in [0.3, 0.4) is 0 Å². The van der Waals surface area contributed by atoms with Crippen molar-refractivity contribution in [3.63, 3.8) is 0 Å². The van der Waals surface area contributed by atoms with E-state index in [4.69, 9.17) is 0 Å². The van der Waals surface area contributed by atoms with Gasteiger partial charge in [0.25, 0.3) is 0 Å². The fourth-order valence-electron chi connectivity index (χ4n) is 1.27. The normalized spacial score (nSPS) is 10.2. The first-order valence-corrected chi connectivity index (χ1v) is 6.93. The van der Waals surface area contributed by atoms with Crippen molar-refractivity contribution in [2.45, 2.75) is 31.7 Å². The van der Waals surface area contributed by atoms with Crippen LogP contribution in [0.2, 0.25) is 0 Å². The first kappa shape index (κ1) is 14.8. The van der Waals surface area contributed by atoms with Crippen molar-refractivity contribution in [1.29, 1.82) is 0 Å². The van der Waals surface area contributed by atoms with Crippen LogP contribution >= 0.6 is 11.8 Å². The molecule has 0 unspecified atom stereocenters. The smallest absolute Gasteiger partial charge is 0.306 e. The molecule has 0 atom stereocenters. The second-order valence-corrected chi connectivity index (χ2v) is 4.89. The van der Waals surface area contributed by atoms with Gasteiger partial charge in [0.05, 0.1) is 13.5 Å². The fourth-order valence-corrected chi connectivity index (χ4v) is 2.15. The summed E-state index contributed by atoms with van der Waals surface area (Å²) >= 11 is 1.53. The Kier molecular flexibility index (Phi) is 6.49. The van der Waals surface area contributed by atoms with Crippen molar-refractivity contribution >= 4 is 23.7 Å². The number of carbonyl (C=O) groups is 1. The van der Waals surface area contributed by atoms with Gasteiger partial charge in [0.15, 0.2) is 0 Å². The Morgan fingerprint density at radius 3 is 2.94 bits per heavy atom. The average molecular weight is 269 g/mol. The van der Waals surface area contributed by atoms with Crippen LogP contribution in [0.5, 0.6) is 0 Å². The highest BCUT2D eigenvalue weighted by Gasteiger charge is 2.05. The van der Waals surface area contributed by atoms with Gasteiger partial charge >= 0.3 is 5.97 Å². The Bertz CT molecular complexity index is 399. The topological polar surface area (TPSA) is 64.1 Å². The summed E-state index contributed by atoms with van der Waals surface area (Å²) in [7, 11) is 1.40. The Labute approximate surface area is 112 Å². The van der Waals surface area contributed by atoms with E-state index in [1.54, 1.807) is 0 Å². The van der Waals surface area contributed by atoms with Gasteiger partial charge in [0.1, 0.15) is 5.03 Å². The van der Waals surface area contributed by atoms with Crippen molar-refractivity contribution in [2.75, 3.05) is 24.7 Å². The first-order chi connectivity index (χ1) is 8.65. The molecule has 1 heterocycles. The van der Waals surface area contributed by atoms with Crippen molar-refractivity contribution in [1.82, 2.24) is 9.97 Å². The lowest BCUT2D eigenvalue weighted by atomic mass is 10.4. The van der Waals surface area contributed by atoms with Gasteiger partial charge in [-0.05, 0) is 19.4 Å². The van der Waals surface area contributed by atoms with Gasteiger partial charge in [-0.25, -0.2) is 9.97 Å². The maximum atomic E-state index is 11.0. The summed E-state index contributed by atoms with van der Waals surface area (Å²) in [5.74, 6) is 1.12. The first-order valence-electron chi connectivity index (χ1n) is 5.95. The second kappa shape index (κ2) is 7.92. The molecule has 1 aromatic rings. The van der Waals surface area contributed by atoms with Crippen LogP contribution in [-0.2, 0) is 9.53 Å². The molecule has 1 N–H and O–H groups in total. The zero-order chi connectivity index (χ0) is 13.4. The van der Waals surface area contributed by atoms with Crippen LogP contribution in [0.4, 0.5) is 5.95 Å². The largest absolute Gasteiger partial charge is 0.469 e. The molecule has 0 saturated carbocycles. The highest BCUT2D eigenvalue weighted by atomic mass is 32.2. The van der Waals surface area contributed by atoms with Crippen LogP contribution in [-0.4, -0.2) is 35.3 Å². The maximum Gasteiger partial charge on any atom is 0.306 e. The monoisotopic (exact) mass is 269 g/mol. The Morgan fingerprint density at radius 2 is 2.28 bits per heavy atom. The molecule has 0 fully saturated rings. The number of hydrogen-bond acceptors (Lipinski definition) is 6. The molecule has 100 valence electrons. The predicted molar refractivity (Wildman–Crippen MR) is 72.9 cm³/mol. The maximum absolute atomic E-state index is 11.0. The van der Waals surface area contributed by atoms with E-state index in [-0.39, 0.29) is 5.97 Å². The highest BCUT2D eigenvalue weighted by molar-refractivity contribution is 7.99. The minimum absolute atomic E-state index is 0.197. The number of aryl methyl sites for hydroxylation is 1. The molecule has 0 aliphatic carbocycles. The summed E-state index contributed by atoms with van der Waals surface area (Å²) in [6, 6.07) is 1.92. The standard InChI is InChI=1S/C12H19N3O2S/c1-4-6-13-12-14-9(2)8-10(15-12)18-7-5-11(16)17-3/h8H,4-7H2,1-3H3,(H,13,14,15). The summed E-state index contributed by atoms with van der Waals surface area (Å²) in [5, 5.41) is 4.04. The van der Waals surface area contributed by atoms with Crippen LogP contribution in [0.15, 0.2) is 11.1 Å². The van der Waals surface area contributed by atoms with Gasteiger partial charge in [-0.15, -0.1) is 11.8 Å². The number of carbonyl (C=O) groups excluding carboxylic acids is 1. The van der Waals surface area contributed by atoms with E-state index < -0.39 is 0 Å². The lowest BCUT2D eigenvalue weighted by molar-refractivity contribution is -0.140. The minimum Gasteiger partial charge on any atom is -0.469 e. The van der Waals surface area contributed by atoms with Gasteiger partial charge in [-0.3, -0.25) is 4.79 Å². The third-order valence-corrected chi connectivity index (χ3v) is 3.06. The van der Waals surface area contributed by atoms with Gasteiger partial charge in [-0.2, -0.15) is 0 Å². The van der Waals surface area contributed by atoms with E-state index in [0.29, 0.717) is 18.1 Å².